The molecule has 1 aromatic heterocycles. The fourth-order valence-electron chi connectivity index (χ4n) is 2.20. The second-order valence-corrected chi connectivity index (χ2v) is 7.05. The zero-order valence-electron chi connectivity index (χ0n) is 18.0. The van der Waals surface area contributed by atoms with E-state index < -0.39 is 0 Å². The highest BCUT2D eigenvalue weighted by Gasteiger charge is 2.18. The summed E-state index contributed by atoms with van der Waals surface area (Å²) in [5.74, 6) is 0. The van der Waals surface area contributed by atoms with E-state index in [1.165, 1.54) is 23.4 Å². The summed E-state index contributed by atoms with van der Waals surface area (Å²) in [6.45, 7) is 21.7. The van der Waals surface area contributed by atoms with Crippen molar-refractivity contribution in [2.45, 2.75) is 88.1 Å². The van der Waals surface area contributed by atoms with E-state index in [9.17, 15) is 0 Å². The van der Waals surface area contributed by atoms with Crippen molar-refractivity contribution in [2.24, 2.45) is 5.41 Å². The van der Waals surface area contributed by atoms with Gasteiger partial charge in [-0.15, -0.1) is 0 Å². The Bertz CT molecular complexity index is 388. The molecule has 2 rings (SSSR count). The first kappa shape index (κ1) is 25.4. The van der Waals surface area contributed by atoms with Gasteiger partial charge in [0.25, 0.3) is 0 Å². The molecule has 0 aromatic carbocycles. The molecular weight excluding hydrogens is 298 g/mol. The molecule has 4 nitrogen and oxygen atoms in total. The Hall–Kier alpha value is -0.870. The van der Waals surface area contributed by atoms with Crippen molar-refractivity contribution in [3.8, 4) is 0 Å². The lowest BCUT2D eigenvalue weighted by atomic mass is 10.0. The minimum absolute atomic E-state index is 0.500. The van der Waals surface area contributed by atoms with Crippen LogP contribution in [0.25, 0.3) is 0 Å². The number of aromatic nitrogens is 2. The number of methoxy groups -OCH3 is 1. The SMILES string of the molecule is CC.CC.CC(C)(C)C.CCc1n[nH]c2c1CN(COC)CCC2. The van der Waals surface area contributed by atoms with Gasteiger partial charge in [0.2, 0.25) is 0 Å². The van der Waals surface area contributed by atoms with Gasteiger partial charge in [-0.3, -0.25) is 10.00 Å². The Morgan fingerprint density at radius 3 is 2.12 bits per heavy atom. The second kappa shape index (κ2) is 14.5. The van der Waals surface area contributed by atoms with Crippen LogP contribution in [0.2, 0.25) is 0 Å². The number of hydrogen-bond donors (Lipinski definition) is 1. The van der Waals surface area contributed by atoms with Crippen LogP contribution in [0, 0.1) is 5.41 Å². The topological polar surface area (TPSA) is 41.2 Å². The lowest BCUT2D eigenvalue weighted by Crippen LogP contribution is -2.25. The molecule has 0 atom stereocenters. The molecule has 0 bridgehead atoms. The molecule has 1 N–H and O–H groups in total. The maximum Gasteiger partial charge on any atom is 0.0989 e. The number of nitrogens with one attached hydrogen (secondary N) is 1. The van der Waals surface area contributed by atoms with Crippen LogP contribution in [0.3, 0.4) is 0 Å². The number of H-pyrrole nitrogens is 1. The quantitative estimate of drug-likeness (QED) is 0.797. The van der Waals surface area contributed by atoms with Crippen LogP contribution in [-0.4, -0.2) is 35.5 Å². The molecule has 2 heterocycles. The minimum atomic E-state index is 0.500. The molecule has 1 aromatic rings. The lowest BCUT2D eigenvalue weighted by molar-refractivity contribution is 0.0588. The van der Waals surface area contributed by atoms with E-state index in [2.05, 4.69) is 49.7 Å². The standard InChI is InChI=1S/C11H19N3O.C5H12.2C2H6/c1-3-10-9-7-14(8-15-2)6-4-5-11(9)13-12-10;1-5(2,3)4;2*1-2/h3-8H2,1-2H3,(H,12,13);1-4H3;2*1-2H3. The molecule has 4 heteroatoms. The Labute approximate surface area is 151 Å². The van der Waals surface area contributed by atoms with Gasteiger partial charge in [-0.05, 0) is 24.7 Å². The van der Waals surface area contributed by atoms with Crippen LogP contribution >= 0.6 is 0 Å². The summed E-state index contributed by atoms with van der Waals surface area (Å²) in [5.41, 5.74) is 4.44. The highest BCUT2D eigenvalue weighted by Crippen LogP contribution is 2.20. The molecule has 0 amide bonds. The molecular formula is C20H43N3O. The summed E-state index contributed by atoms with van der Waals surface area (Å²) < 4.78 is 5.20. The molecule has 1 aliphatic heterocycles. The number of aryl methyl sites for hydroxylation is 2. The Balaban J connectivity index is 0. The summed E-state index contributed by atoms with van der Waals surface area (Å²) >= 11 is 0. The normalized spacial score (nSPS) is 13.9. The van der Waals surface area contributed by atoms with Gasteiger partial charge < -0.3 is 4.74 Å². The van der Waals surface area contributed by atoms with Crippen LogP contribution in [-0.2, 0) is 24.1 Å². The van der Waals surface area contributed by atoms with Gasteiger partial charge in [-0.25, -0.2) is 0 Å². The number of nitrogens with zero attached hydrogens (tertiary/aromatic N) is 2. The average Bonchev–Trinajstić information content (AvgIpc) is 2.81. The third-order valence-electron chi connectivity index (χ3n) is 2.97. The minimum Gasteiger partial charge on any atom is -0.369 e. The van der Waals surface area contributed by atoms with Crippen LogP contribution in [0.1, 0.15) is 85.7 Å². The van der Waals surface area contributed by atoms with Crippen molar-refractivity contribution in [2.75, 3.05) is 20.4 Å². The van der Waals surface area contributed by atoms with E-state index in [1.807, 2.05) is 27.7 Å². The van der Waals surface area contributed by atoms with Gasteiger partial charge in [-0.1, -0.05) is 62.3 Å². The summed E-state index contributed by atoms with van der Waals surface area (Å²) in [7, 11) is 1.75. The number of fused-ring (bicyclic) bond motifs is 1. The molecule has 0 radical (unpaired) electrons. The Morgan fingerprint density at radius 2 is 1.67 bits per heavy atom. The maximum atomic E-state index is 5.20. The van der Waals surface area contributed by atoms with E-state index in [0.29, 0.717) is 12.1 Å². The molecule has 144 valence electrons. The third-order valence-corrected chi connectivity index (χ3v) is 2.97. The molecule has 0 saturated heterocycles. The van der Waals surface area contributed by atoms with E-state index in [4.69, 9.17) is 4.74 Å². The summed E-state index contributed by atoms with van der Waals surface area (Å²) in [6.07, 6.45) is 3.30. The van der Waals surface area contributed by atoms with Crippen LogP contribution in [0.4, 0.5) is 0 Å². The Kier molecular flexibility index (Phi) is 15.3. The summed E-state index contributed by atoms with van der Waals surface area (Å²) in [4.78, 5) is 2.33. The fourth-order valence-corrected chi connectivity index (χ4v) is 2.20. The summed E-state index contributed by atoms with van der Waals surface area (Å²) in [6, 6.07) is 0. The van der Waals surface area contributed by atoms with Crippen molar-refractivity contribution in [3.05, 3.63) is 17.0 Å². The second-order valence-electron chi connectivity index (χ2n) is 7.05. The van der Waals surface area contributed by atoms with Gasteiger partial charge in [-0.2, -0.15) is 5.10 Å². The zero-order valence-corrected chi connectivity index (χ0v) is 18.0. The first-order valence-corrected chi connectivity index (χ1v) is 9.61. The highest BCUT2D eigenvalue weighted by molar-refractivity contribution is 5.26. The number of aromatic amines is 1. The smallest absolute Gasteiger partial charge is 0.0989 e. The van der Waals surface area contributed by atoms with Crippen LogP contribution < -0.4 is 0 Å². The fraction of sp³-hybridized carbons (Fsp3) is 0.850. The van der Waals surface area contributed by atoms with Gasteiger partial charge in [0, 0.05) is 31.5 Å². The van der Waals surface area contributed by atoms with E-state index >= 15 is 0 Å². The monoisotopic (exact) mass is 341 g/mol. The largest absolute Gasteiger partial charge is 0.369 e. The number of ether oxygens (including phenoxy) is 1. The number of hydrogen-bond acceptors (Lipinski definition) is 3. The molecule has 1 aliphatic rings. The van der Waals surface area contributed by atoms with Crippen molar-refractivity contribution >= 4 is 0 Å². The predicted octanol–water partition coefficient (Wildman–Crippen LogP) is 5.43. The van der Waals surface area contributed by atoms with Crippen molar-refractivity contribution in [1.82, 2.24) is 15.1 Å². The van der Waals surface area contributed by atoms with Gasteiger partial charge >= 0.3 is 0 Å². The van der Waals surface area contributed by atoms with E-state index in [1.54, 1.807) is 7.11 Å². The highest BCUT2D eigenvalue weighted by atomic mass is 16.5. The van der Waals surface area contributed by atoms with Crippen LogP contribution in [0.15, 0.2) is 0 Å². The van der Waals surface area contributed by atoms with Crippen molar-refractivity contribution < 1.29 is 4.74 Å². The zero-order chi connectivity index (χ0) is 19.2. The van der Waals surface area contributed by atoms with Gasteiger partial charge in [0.15, 0.2) is 0 Å². The lowest BCUT2D eigenvalue weighted by Gasteiger charge is -2.18. The van der Waals surface area contributed by atoms with Crippen molar-refractivity contribution in [1.29, 1.82) is 0 Å². The first-order chi connectivity index (χ1) is 11.3. The van der Waals surface area contributed by atoms with Gasteiger partial charge in [0.1, 0.15) is 0 Å². The molecule has 0 fully saturated rings. The molecule has 0 spiro atoms. The average molecular weight is 342 g/mol. The van der Waals surface area contributed by atoms with E-state index in [-0.39, 0.29) is 0 Å². The van der Waals surface area contributed by atoms with Crippen molar-refractivity contribution in [3.63, 3.8) is 0 Å². The molecule has 0 unspecified atom stereocenters. The van der Waals surface area contributed by atoms with Crippen LogP contribution in [0.5, 0.6) is 0 Å². The molecule has 0 saturated carbocycles. The molecule has 0 aliphatic carbocycles. The number of rotatable bonds is 3. The first-order valence-electron chi connectivity index (χ1n) is 9.61. The maximum absolute atomic E-state index is 5.20. The van der Waals surface area contributed by atoms with E-state index in [0.717, 1.165) is 25.9 Å². The third kappa shape index (κ3) is 11.6. The predicted molar refractivity (Wildman–Crippen MR) is 106 cm³/mol. The molecule has 24 heavy (non-hydrogen) atoms. The Morgan fingerprint density at radius 1 is 1.12 bits per heavy atom. The van der Waals surface area contributed by atoms with Gasteiger partial charge in [0.05, 0.1) is 12.4 Å². The summed E-state index contributed by atoms with van der Waals surface area (Å²) in [5, 5.41) is 7.52.